The molecule has 4 nitrogen and oxygen atoms in total. The van der Waals surface area contributed by atoms with E-state index in [1.165, 1.54) is 12.1 Å². The van der Waals surface area contributed by atoms with E-state index in [-0.39, 0.29) is 11.6 Å². The molecular formula is C22H25FN2O2. The number of benzene rings is 2. The highest BCUT2D eigenvalue weighted by Crippen LogP contribution is 2.31. The molecule has 0 aromatic heterocycles. The molecule has 1 aliphatic rings. The SMILES string of the molecule is CCCOc1ccc(/C=C\C(=O)Nc2c(F)cccc2N2CCCC2)cc1. The fourth-order valence-electron chi connectivity index (χ4n) is 3.09. The number of nitrogens with zero attached hydrogens (tertiary/aromatic N) is 1. The average molecular weight is 368 g/mol. The van der Waals surface area contributed by atoms with Crippen LogP contribution in [-0.4, -0.2) is 25.6 Å². The van der Waals surface area contributed by atoms with E-state index in [0.717, 1.165) is 49.4 Å². The molecular weight excluding hydrogens is 343 g/mol. The highest BCUT2D eigenvalue weighted by molar-refractivity contribution is 6.04. The van der Waals surface area contributed by atoms with Crippen LogP contribution < -0.4 is 15.0 Å². The van der Waals surface area contributed by atoms with E-state index in [2.05, 4.69) is 17.1 Å². The third kappa shape index (κ3) is 5.09. The molecule has 2 aromatic rings. The van der Waals surface area contributed by atoms with Gasteiger partial charge < -0.3 is 15.0 Å². The van der Waals surface area contributed by atoms with E-state index in [0.29, 0.717) is 6.61 Å². The predicted octanol–water partition coefficient (Wildman–Crippen LogP) is 4.87. The lowest BCUT2D eigenvalue weighted by Gasteiger charge is -2.21. The van der Waals surface area contributed by atoms with Crippen molar-refractivity contribution in [1.82, 2.24) is 0 Å². The summed E-state index contributed by atoms with van der Waals surface area (Å²) in [5, 5.41) is 2.70. The minimum Gasteiger partial charge on any atom is -0.494 e. The van der Waals surface area contributed by atoms with E-state index in [1.807, 2.05) is 30.3 Å². The molecule has 0 spiro atoms. The maximum atomic E-state index is 14.3. The summed E-state index contributed by atoms with van der Waals surface area (Å²) in [6, 6.07) is 12.4. The maximum Gasteiger partial charge on any atom is 0.248 e. The topological polar surface area (TPSA) is 41.6 Å². The van der Waals surface area contributed by atoms with Gasteiger partial charge in [-0.3, -0.25) is 4.79 Å². The fourth-order valence-corrected chi connectivity index (χ4v) is 3.09. The standard InChI is InChI=1S/C22H25FN2O2/c1-2-16-27-18-11-8-17(9-12-18)10-13-21(26)24-22-19(23)6-5-7-20(22)25-14-3-4-15-25/h5-13H,2-4,14-16H2,1H3,(H,24,26)/b13-10-. The van der Waals surface area contributed by atoms with Gasteiger partial charge in [0.15, 0.2) is 0 Å². The Morgan fingerprint density at radius 1 is 1.19 bits per heavy atom. The summed E-state index contributed by atoms with van der Waals surface area (Å²) in [6.07, 6.45) is 6.25. The molecule has 1 amide bonds. The largest absolute Gasteiger partial charge is 0.494 e. The van der Waals surface area contributed by atoms with Gasteiger partial charge in [0.1, 0.15) is 17.3 Å². The number of nitrogens with one attached hydrogen (secondary N) is 1. The number of rotatable bonds is 7. The molecule has 0 saturated carbocycles. The number of para-hydroxylation sites is 1. The summed E-state index contributed by atoms with van der Waals surface area (Å²) < 4.78 is 19.8. The van der Waals surface area contributed by atoms with Gasteiger partial charge in [0.05, 0.1) is 12.3 Å². The lowest BCUT2D eigenvalue weighted by Crippen LogP contribution is -2.21. The Balaban J connectivity index is 1.66. The van der Waals surface area contributed by atoms with Crippen molar-refractivity contribution in [3.8, 4) is 5.75 Å². The second-order valence-corrected chi connectivity index (χ2v) is 6.57. The van der Waals surface area contributed by atoms with Gasteiger partial charge in [0.25, 0.3) is 0 Å². The molecule has 27 heavy (non-hydrogen) atoms. The molecule has 2 aromatic carbocycles. The van der Waals surface area contributed by atoms with E-state index in [4.69, 9.17) is 4.74 Å². The Bertz CT molecular complexity index is 796. The van der Waals surface area contributed by atoms with Crippen LogP contribution in [0.3, 0.4) is 0 Å². The first-order chi connectivity index (χ1) is 13.2. The van der Waals surface area contributed by atoms with Crippen LogP contribution >= 0.6 is 0 Å². The van der Waals surface area contributed by atoms with Gasteiger partial charge in [-0.25, -0.2) is 4.39 Å². The Morgan fingerprint density at radius 3 is 2.63 bits per heavy atom. The van der Waals surface area contributed by atoms with Gasteiger partial charge in [0, 0.05) is 19.2 Å². The maximum absolute atomic E-state index is 14.3. The van der Waals surface area contributed by atoms with Crippen molar-refractivity contribution in [2.45, 2.75) is 26.2 Å². The average Bonchev–Trinajstić information content (AvgIpc) is 3.22. The molecule has 0 aliphatic carbocycles. The van der Waals surface area contributed by atoms with Gasteiger partial charge in [-0.15, -0.1) is 0 Å². The summed E-state index contributed by atoms with van der Waals surface area (Å²) in [7, 11) is 0. The van der Waals surface area contributed by atoms with Gasteiger partial charge in [0.2, 0.25) is 5.91 Å². The smallest absolute Gasteiger partial charge is 0.248 e. The summed E-state index contributed by atoms with van der Waals surface area (Å²) >= 11 is 0. The molecule has 3 rings (SSSR count). The number of halogens is 1. The first-order valence-corrected chi connectivity index (χ1v) is 9.43. The molecule has 142 valence electrons. The van der Waals surface area contributed by atoms with Crippen LogP contribution in [-0.2, 0) is 4.79 Å². The molecule has 1 heterocycles. The van der Waals surface area contributed by atoms with Crippen LogP contribution in [0.2, 0.25) is 0 Å². The summed E-state index contributed by atoms with van der Waals surface area (Å²) in [5.41, 5.74) is 1.87. The highest BCUT2D eigenvalue weighted by Gasteiger charge is 2.19. The van der Waals surface area contributed by atoms with Crippen molar-refractivity contribution in [3.63, 3.8) is 0 Å². The number of hydrogen-bond acceptors (Lipinski definition) is 3. The number of carbonyl (C=O) groups excluding carboxylic acids is 1. The van der Waals surface area contributed by atoms with Gasteiger partial charge in [-0.2, -0.15) is 0 Å². The van der Waals surface area contributed by atoms with Crippen molar-refractivity contribution in [1.29, 1.82) is 0 Å². The molecule has 0 bridgehead atoms. The predicted molar refractivity (Wildman–Crippen MR) is 108 cm³/mol. The van der Waals surface area contributed by atoms with E-state index < -0.39 is 5.82 Å². The van der Waals surface area contributed by atoms with E-state index in [1.54, 1.807) is 12.1 Å². The van der Waals surface area contributed by atoms with Crippen molar-refractivity contribution in [2.75, 3.05) is 29.9 Å². The fraction of sp³-hybridized carbons (Fsp3) is 0.318. The lowest BCUT2D eigenvalue weighted by molar-refractivity contribution is -0.111. The number of ether oxygens (including phenoxy) is 1. The first-order valence-electron chi connectivity index (χ1n) is 9.43. The van der Waals surface area contributed by atoms with E-state index >= 15 is 0 Å². The van der Waals surface area contributed by atoms with Crippen molar-refractivity contribution in [3.05, 3.63) is 59.9 Å². The molecule has 1 aliphatic heterocycles. The van der Waals surface area contributed by atoms with Crippen molar-refractivity contribution >= 4 is 23.4 Å². The van der Waals surface area contributed by atoms with Crippen LogP contribution in [0.1, 0.15) is 31.7 Å². The third-order valence-electron chi connectivity index (χ3n) is 4.47. The molecule has 5 heteroatoms. The van der Waals surface area contributed by atoms with Crippen molar-refractivity contribution < 1.29 is 13.9 Å². The minimum absolute atomic E-state index is 0.248. The summed E-state index contributed by atoms with van der Waals surface area (Å²) in [5.74, 6) is 0.0329. The molecule has 1 saturated heterocycles. The van der Waals surface area contributed by atoms with Crippen LogP contribution in [0, 0.1) is 5.82 Å². The number of hydrogen-bond donors (Lipinski definition) is 1. The zero-order valence-corrected chi connectivity index (χ0v) is 15.6. The Hall–Kier alpha value is -2.82. The van der Waals surface area contributed by atoms with Gasteiger partial charge in [-0.05, 0) is 55.2 Å². The molecule has 0 unspecified atom stereocenters. The van der Waals surface area contributed by atoms with Crippen molar-refractivity contribution in [2.24, 2.45) is 0 Å². The Kier molecular flexibility index (Phi) is 6.47. The zero-order chi connectivity index (χ0) is 19.1. The van der Waals surface area contributed by atoms with Crippen LogP contribution in [0.4, 0.5) is 15.8 Å². The Labute approximate surface area is 159 Å². The highest BCUT2D eigenvalue weighted by atomic mass is 19.1. The van der Waals surface area contributed by atoms with Crippen LogP contribution in [0.5, 0.6) is 5.75 Å². The van der Waals surface area contributed by atoms with E-state index in [9.17, 15) is 9.18 Å². The summed E-state index contributed by atoms with van der Waals surface area (Å²) in [4.78, 5) is 14.4. The van der Waals surface area contributed by atoms with Crippen LogP contribution in [0.25, 0.3) is 6.08 Å². The molecule has 1 N–H and O–H groups in total. The Morgan fingerprint density at radius 2 is 1.93 bits per heavy atom. The zero-order valence-electron chi connectivity index (χ0n) is 15.6. The molecule has 0 radical (unpaired) electrons. The normalized spacial score (nSPS) is 13.9. The molecule has 0 atom stereocenters. The number of amides is 1. The van der Waals surface area contributed by atoms with Crippen LogP contribution in [0.15, 0.2) is 48.5 Å². The first kappa shape index (κ1) is 19.0. The van der Waals surface area contributed by atoms with Gasteiger partial charge >= 0.3 is 0 Å². The minimum atomic E-state index is -0.418. The lowest BCUT2D eigenvalue weighted by atomic mass is 10.2. The third-order valence-corrected chi connectivity index (χ3v) is 4.47. The summed E-state index contributed by atoms with van der Waals surface area (Å²) in [6.45, 7) is 4.50. The number of carbonyl (C=O) groups is 1. The monoisotopic (exact) mass is 368 g/mol. The second-order valence-electron chi connectivity index (χ2n) is 6.57. The second kappa shape index (κ2) is 9.21. The number of anilines is 2. The van der Waals surface area contributed by atoms with Gasteiger partial charge in [-0.1, -0.05) is 25.1 Å². The quantitative estimate of drug-likeness (QED) is 0.709. The molecule has 1 fully saturated rings.